The summed E-state index contributed by atoms with van der Waals surface area (Å²) in [6.45, 7) is 0. The van der Waals surface area contributed by atoms with Crippen molar-refractivity contribution >= 4 is 61.0 Å². The number of hydrogen-bond acceptors (Lipinski definition) is 5. The van der Waals surface area contributed by atoms with Gasteiger partial charge in [0.25, 0.3) is 5.91 Å². The van der Waals surface area contributed by atoms with Crippen LogP contribution in [-0.4, -0.2) is 40.2 Å². The molecule has 7 nitrogen and oxygen atoms in total. The predicted octanol–water partition coefficient (Wildman–Crippen LogP) is 4.29. The molecule has 0 unspecified atom stereocenters. The Bertz CT molecular complexity index is 1390. The second-order valence-electron chi connectivity index (χ2n) is 7.16. The van der Waals surface area contributed by atoms with Crippen LogP contribution < -0.4 is 10.6 Å². The fraction of sp³-hybridized carbons (Fsp3) is 0.200. The standard InChI is InChI=1S/C20H14ClF2N5O2S/c1-24-19(30)14-16(23)15(21)13(9-6-25-28-17(9)14)7-2-3-11-12(4-7)31-20(26-11)27-18(29)8-5-10(8)22/h2-4,6,8,10H,5H2,1H3,(H,24,30)(H,25,28)(H,26,27,29)/t8-,10+/m1/s1. The molecule has 1 saturated carbocycles. The molecule has 0 saturated heterocycles. The highest BCUT2D eigenvalue weighted by molar-refractivity contribution is 7.22. The average molecular weight is 462 g/mol. The van der Waals surface area contributed by atoms with E-state index in [-0.39, 0.29) is 28.4 Å². The maximum Gasteiger partial charge on any atom is 0.256 e. The lowest BCUT2D eigenvalue weighted by Gasteiger charge is -2.11. The molecule has 2 amide bonds. The van der Waals surface area contributed by atoms with E-state index < -0.39 is 23.8 Å². The number of halogens is 3. The highest BCUT2D eigenvalue weighted by Gasteiger charge is 2.43. The summed E-state index contributed by atoms with van der Waals surface area (Å²) >= 11 is 7.57. The van der Waals surface area contributed by atoms with E-state index in [1.165, 1.54) is 24.6 Å². The molecule has 4 aromatic rings. The number of amides is 2. The van der Waals surface area contributed by atoms with Gasteiger partial charge in [-0.3, -0.25) is 14.7 Å². The Kier molecular flexibility index (Phi) is 4.63. The van der Waals surface area contributed by atoms with Gasteiger partial charge in [0.2, 0.25) is 5.91 Å². The van der Waals surface area contributed by atoms with Crippen molar-refractivity contribution in [3.8, 4) is 11.1 Å². The number of nitrogens with zero attached hydrogens (tertiary/aromatic N) is 2. The molecular weight excluding hydrogens is 448 g/mol. The molecule has 2 aromatic carbocycles. The summed E-state index contributed by atoms with van der Waals surface area (Å²) in [4.78, 5) is 28.5. The fourth-order valence-electron chi connectivity index (χ4n) is 3.50. The number of carbonyl (C=O) groups excluding carboxylic acids is 2. The second kappa shape index (κ2) is 7.24. The Morgan fingerprint density at radius 1 is 1.35 bits per heavy atom. The van der Waals surface area contributed by atoms with Crippen molar-refractivity contribution in [1.82, 2.24) is 20.5 Å². The molecule has 5 rings (SSSR count). The number of nitrogens with one attached hydrogen (secondary N) is 3. The molecule has 11 heteroatoms. The number of alkyl halides is 1. The monoisotopic (exact) mass is 461 g/mol. The smallest absolute Gasteiger partial charge is 0.256 e. The third-order valence-corrected chi connectivity index (χ3v) is 6.49. The van der Waals surface area contributed by atoms with E-state index in [1.807, 2.05) is 0 Å². The number of fused-ring (bicyclic) bond motifs is 2. The molecule has 158 valence electrons. The lowest BCUT2D eigenvalue weighted by molar-refractivity contribution is -0.117. The lowest BCUT2D eigenvalue weighted by atomic mass is 9.98. The molecule has 2 atom stereocenters. The largest absolute Gasteiger partial charge is 0.355 e. The van der Waals surface area contributed by atoms with Crippen LogP contribution in [0.5, 0.6) is 0 Å². The highest BCUT2D eigenvalue weighted by atomic mass is 35.5. The maximum atomic E-state index is 15.0. The molecule has 1 aliphatic carbocycles. The Hall–Kier alpha value is -3.11. The first-order valence-corrected chi connectivity index (χ1v) is 10.5. The zero-order chi connectivity index (χ0) is 21.9. The fourth-order valence-corrected chi connectivity index (χ4v) is 4.71. The predicted molar refractivity (Wildman–Crippen MR) is 115 cm³/mol. The summed E-state index contributed by atoms with van der Waals surface area (Å²) in [5, 5.41) is 12.3. The summed E-state index contributed by atoms with van der Waals surface area (Å²) in [7, 11) is 1.40. The molecule has 2 aromatic heterocycles. The molecule has 1 fully saturated rings. The molecule has 0 radical (unpaired) electrons. The lowest BCUT2D eigenvalue weighted by Crippen LogP contribution is -2.20. The van der Waals surface area contributed by atoms with E-state index in [0.29, 0.717) is 27.2 Å². The van der Waals surface area contributed by atoms with Gasteiger partial charge in [-0.05, 0) is 24.1 Å². The van der Waals surface area contributed by atoms with Gasteiger partial charge in [0.1, 0.15) is 11.7 Å². The number of aromatic amines is 1. The number of carbonyl (C=O) groups is 2. The van der Waals surface area contributed by atoms with Crippen LogP contribution >= 0.6 is 22.9 Å². The zero-order valence-corrected chi connectivity index (χ0v) is 17.5. The maximum absolute atomic E-state index is 15.0. The van der Waals surface area contributed by atoms with E-state index in [0.717, 1.165) is 4.70 Å². The van der Waals surface area contributed by atoms with Crippen LogP contribution in [0.3, 0.4) is 0 Å². The Morgan fingerprint density at radius 2 is 2.13 bits per heavy atom. The van der Waals surface area contributed by atoms with Crippen molar-refractivity contribution in [2.75, 3.05) is 12.4 Å². The minimum atomic E-state index is -1.09. The minimum absolute atomic E-state index is 0.201. The van der Waals surface area contributed by atoms with Crippen LogP contribution in [-0.2, 0) is 4.79 Å². The van der Waals surface area contributed by atoms with E-state index in [2.05, 4.69) is 25.8 Å². The normalized spacial score (nSPS) is 17.8. The van der Waals surface area contributed by atoms with Crippen molar-refractivity contribution in [2.45, 2.75) is 12.6 Å². The summed E-state index contributed by atoms with van der Waals surface area (Å²) in [5.41, 5.74) is 1.63. The van der Waals surface area contributed by atoms with Gasteiger partial charge >= 0.3 is 0 Å². The molecule has 0 bridgehead atoms. The third kappa shape index (κ3) is 3.22. The van der Waals surface area contributed by atoms with Gasteiger partial charge in [0.15, 0.2) is 10.9 Å². The van der Waals surface area contributed by atoms with E-state index in [1.54, 1.807) is 18.2 Å². The van der Waals surface area contributed by atoms with Crippen molar-refractivity contribution in [2.24, 2.45) is 5.92 Å². The van der Waals surface area contributed by atoms with E-state index in [4.69, 9.17) is 11.6 Å². The van der Waals surface area contributed by atoms with E-state index >= 15 is 4.39 Å². The zero-order valence-electron chi connectivity index (χ0n) is 15.9. The van der Waals surface area contributed by atoms with Crippen LogP contribution in [0, 0.1) is 11.7 Å². The molecular formula is C20H14ClF2N5O2S. The van der Waals surface area contributed by atoms with Gasteiger partial charge in [0.05, 0.1) is 32.9 Å². The third-order valence-electron chi connectivity index (χ3n) is 5.20. The van der Waals surface area contributed by atoms with E-state index in [9.17, 15) is 14.0 Å². The SMILES string of the molecule is CNC(=O)c1c(F)c(Cl)c(-c2ccc3nc(NC(=O)[C@@H]4C[C@@H]4F)sc3c2)c2cn[nH]c12. The van der Waals surface area contributed by atoms with Gasteiger partial charge in [0, 0.05) is 18.0 Å². The van der Waals surface area contributed by atoms with Crippen LogP contribution in [0.1, 0.15) is 16.8 Å². The first kappa shape index (κ1) is 19.8. The molecule has 2 heterocycles. The highest BCUT2D eigenvalue weighted by Crippen LogP contribution is 2.41. The number of hydrogen-bond donors (Lipinski definition) is 3. The summed E-state index contributed by atoms with van der Waals surface area (Å²) in [6, 6.07) is 5.21. The van der Waals surface area contributed by atoms with Gasteiger partial charge in [-0.15, -0.1) is 0 Å². The van der Waals surface area contributed by atoms with Crippen molar-refractivity contribution < 1.29 is 18.4 Å². The van der Waals surface area contributed by atoms with Crippen molar-refractivity contribution in [3.05, 3.63) is 40.8 Å². The minimum Gasteiger partial charge on any atom is -0.355 e. The summed E-state index contributed by atoms with van der Waals surface area (Å²) < 4.78 is 28.9. The van der Waals surface area contributed by atoms with Gasteiger partial charge in [-0.25, -0.2) is 13.8 Å². The van der Waals surface area contributed by atoms with Gasteiger partial charge in [-0.2, -0.15) is 5.10 Å². The van der Waals surface area contributed by atoms with Gasteiger partial charge < -0.3 is 10.6 Å². The number of H-pyrrole nitrogens is 1. The first-order chi connectivity index (χ1) is 14.9. The number of anilines is 1. The Labute approximate surface area is 182 Å². The number of benzene rings is 2. The number of aromatic nitrogens is 3. The van der Waals surface area contributed by atoms with Crippen LogP contribution in [0.15, 0.2) is 24.4 Å². The molecule has 31 heavy (non-hydrogen) atoms. The summed E-state index contributed by atoms with van der Waals surface area (Å²) in [5.74, 6) is -2.47. The Morgan fingerprint density at radius 3 is 2.84 bits per heavy atom. The average Bonchev–Trinajstić information content (AvgIpc) is 3.12. The van der Waals surface area contributed by atoms with Crippen LogP contribution in [0.4, 0.5) is 13.9 Å². The summed E-state index contributed by atoms with van der Waals surface area (Å²) in [6.07, 6.45) is 0.624. The second-order valence-corrected chi connectivity index (χ2v) is 8.57. The van der Waals surface area contributed by atoms with Crippen molar-refractivity contribution in [1.29, 1.82) is 0 Å². The molecule has 1 aliphatic rings. The number of thiazole rings is 1. The Balaban J connectivity index is 1.59. The van der Waals surface area contributed by atoms with Crippen LogP contribution in [0.25, 0.3) is 32.2 Å². The molecule has 3 N–H and O–H groups in total. The van der Waals surface area contributed by atoms with Crippen LogP contribution in [0.2, 0.25) is 5.02 Å². The number of rotatable bonds is 4. The molecule has 0 spiro atoms. The first-order valence-electron chi connectivity index (χ1n) is 9.31. The molecule has 0 aliphatic heterocycles. The van der Waals surface area contributed by atoms with Gasteiger partial charge in [-0.1, -0.05) is 29.0 Å². The van der Waals surface area contributed by atoms with Crippen molar-refractivity contribution in [3.63, 3.8) is 0 Å². The quantitative estimate of drug-likeness (QED) is 0.422. The topological polar surface area (TPSA) is 99.8 Å².